The van der Waals surface area contributed by atoms with Gasteiger partial charge in [-0.25, -0.2) is 0 Å². The van der Waals surface area contributed by atoms with E-state index in [1.54, 1.807) is 0 Å². The SMILES string of the molecule is CCC(c1ccc2c(c1)C(C)(C)C(C)=N2)(S(=O)(=O)O)S(=O)(=O)O. The number of hydrogen-bond acceptors (Lipinski definition) is 5. The summed E-state index contributed by atoms with van der Waals surface area (Å²) >= 11 is 0. The first-order valence-electron chi connectivity index (χ1n) is 6.94. The van der Waals surface area contributed by atoms with Crippen molar-refractivity contribution in [3.8, 4) is 0 Å². The first kappa shape index (κ1) is 18.1. The van der Waals surface area contributed by atoms with Crippen LogP contribution in [-0.4, -0.2) is 31.7 Å². The Kier molecular flexibility index (Phi) is 4.01. The molecule has 128 valence electrons. The first-order chi connectivity index (χ1) is 10.3. The van der Waals surface area contributed by atoms with Crippen LogP contribution in [0.1, 0.15) is 45.2 Å². The maximum Gasteiger partial charge on any atom is 0.292 e. The van der Waals surface area contributed by atoms with E-state index < -0.39 is 36.2 Å². The topological polar surface area (TPSA) is 121 Å². The van der Waals surface area contributed by atoms with Gasteiger partial charge >= 0.3 is 0 Å². The minimum absolute atomic E-state index is 0.207. The summed E-state index contributed by atoms with van der Waals surface area (Å²) in [7, 11) is -10.3. The van der Waals surface area contributed by atoms with Crippen molar-refractivity contribution in [2.45, 2.75) is 43.6 Å². The number of benzene rings is 1. The van der Waals surface area contributed by atoms with Crippen molar-refractivity contribution in [3.63, 3.8) is 0 Å². The molecule has 0 aromatic heterocycles. The zero-order chi connectivity index (χ0) is 17.8. The highest BCUT2D eigenvalue weighted by atomic mass is 32.3. The third kappa shape index (κ3) is 2.42. The van der Waals surface area contributed by atoms with Crippen LogP contribution in [0.2, 0.25) is 0 Å². The van der Waals surface area contributed by atoms with Crippen LogP contribution in [0.5, 0.6) is 0 Å². The molecular formula is C14H19NO6S2. The number of fused-ring (bicyclic) bond motifs is 1. The Hall–Kier alpha value is -1.29. The predicted octanol–water partition coefficient (Wildman–Crippen LogP) is 2.41. The van der Waals surface area contributed by atoms with Crippen LogP contribution >= 0.6 is 0 Å². The molecule has 0 amide bonds. The highest BCUT2D eigenvalue weighted by Gasteiger charge is 2.55. The van der Waals surface area contributed by atoms with E-state index in [1.807, 2.05) is 20.8 Å². The van der Waals surface area contributed by atoms with Gasteiger partial charge in [0.2, 0.25) is 4.08 Å². The molecule has 0 saturated carbocycles. The highest BCUT2D eigenvalue weighted by Crippen LogP contribution is 2.45. The van der Waals surface area contributed by atoms with Crippen molar-refractivity contribution in [2.24, 2.45) is 4.99 Å². The van der Waals surface area contributed by atoms with Crippen LogP contribution in [0.3, 0.4) is 0 Å². The van der Waals surface area contributed by atoms with Crippen LogP contribution in [-0.2, 0) is 29.7 Å². The Morgan fingerprint density at radius 1 is 1.13 bits per heavy atom. The van der Waals surface area contributed by atoms with E-state index in [2.05, 4.69) is 4.99 Å². The van der Waals surface area contributed by atoms with E-state index >= 15 is 0 Å². The molecule has 23 heavy (non-hydrogen) atoms. The van der Waals surface area contributed by atoms with Crippen molar-refractivity contribution in [1.29, 1.82) is 0 Å². The second-order valence-electron chi connectivity index (χ2n) is 6.11. The van der Waals surface area contributed by atoms with E-state index in [0.717, 1.165) is 5.71 Å². The van der Waals surface area contributed by atoms with Gasteiger partial charge in [0.05, 0.1) is 5.69 Å². The second-order valence-corrected chi connectivity index (χ2v) is 9.66. The summed E-state index contributed by atoms with van der Waals surface area (Å²) in [4.78, 5) is 4.37. The maximum atomic E-state index is 11.8. The third-order valence-electron chi connectivity index (χ3n) is 4.60. The molecule has 9 heteroatoms. The minimum Gasteiger partial charge on any atom is -0.284 e. The normalized spacial score (nSPS) is 17.7. The van der Waals surface area contributed by atoms with Crippen LogP contribution in [0.15, 0.2) is 23.2 Å². The van der Waals surface area contributed by atoms with Gasteiger partial charge in [-0.1, -0.05) is 26.8 Å². The lowest BCUT2D eigenvalue weighted by Crippen LogP contribution is -2.42. The molecule has 0 unspecified atom stereocenters. The van der Waals surface area contributed by atoms with Crippen molar-refractivity contribution in [3.05, 3.63) is 29.3 Å². The zero-order valence-electron chi connectivity index (χ0n) is 13.2. The van der Waals surface area contributed by atoms with Gasteiger partial charge in [-0.15, -0.1) is 0 Å². The molecule has 2 rings (SSSR count). The van der Waals surface area contributed by atoms with Crippen molar-refractivity contribution in [1.82, 2.24) is 0 Å². The molecule has 1 aliphatic rings. The Morgan fingerprint density at radius 2 is 1.65 bits per heavy atom. The van der Waals surface area contributed by atoms with E-state index in [0.29, 0.717) is 11.3 Å². The smallest absolute Gasteiger partial charge is 0.284 e. The van der Waals surface area contributed by atoms with E-state index in [1.165, 1.54) is 25.1 Å². The van der Waals surface area contributed by atoms with E-state index in [4.69, 9.17) is 0 Å². The van der Waals surface area contributed by atoms with Gasteiger partial charge in [-0.3, -0.25) is 14.1 Å². The Balaban J connectivity index is 2.84. The Bertz CT molecular complexity index is 865. The van der Waals surface area contributed by atoms with Crippen molar-refractivity contribution in [2.75, 3.05) is 0 Å². The van der Waals surface area contributed by atoms with Crippen LogP contribution in [0, 0.1) is 0 Å². The quantitative estimate of drug-likeness (QED) is 0.794. The van der Waals surface area contributed by atoms with Crippen LogP contribution in [0.25, 0.3) is 0 Å². The van der Waals surface area contributed by atoms with Gasteiger partial charge in [0.25, 0.3) is 20.2 Å². The molecule has 1 heterocycles. The lowest BCUT2D eigenvalue weighted by Gasteiger charge is -2.28. The molecule has 1 aromatic carbocycles. The van der Waals surface area contributed by atoms with Crippen LogP contribution < -0.4 is 0 Å². The van der Waals surface area contributed by atoms with Gasteiger partial charge in [-0.2, -0.15) is 16.8 Å². The molecule has 0 aliphatic carbocycles. The molecule has 1 aliphatic heterocycles. The Labute approximate surface area is 135 Å². The molecule has 0 spiro atoms. The van der Waals surface area contributed by atoms with Gasteiger partial charge in [-0.05, 0) is 36.6 Å². The summed E-state index contributed by atoms with van der Waals surface area (Å²) < 4.78 is 63.7. The Morgan fingerprint density at radius 3 is 2.09 bits per heavy atom. The molecular weight excluding hydrogens is 342 g/mol. The molecule has 0 bridgehead atoms. The lowest BCUT2D eigenvalue weighted by molar-refractivity contribution is 0.420. The summed E-state index contributed by atoms with van der Waals surface area (Å²) in [5.74, 6) is 0. The fraction of sp³-hybridized carbons (Fsp3) is 0.500. The van der Waals surface area contributed by atoms with Gasteiger partial charge in [0, 0.05) is 11.1 Å². The monoisotopic (exact) mass is 361 g/mol. The van der Waals surface area contributed by atoms with Gasteiger partial charge in [0.1, 0.15) is 0 Å². The van der Waals surface area contributed by atoms with Gasteiger partial charge < -0.3 is 0 Å². The van der Waals surface area contributed by atoms with Gasteiger partial charge in [0.15, 0.2) is 0 Å². The van der Waals surface area contributed by atoms with E-state index in [-0.39, 0.29) is 5.56 Å². The predicted molar refractivity (Wildman–Crippen MR) is 87.3 cm³/mol. The van der Waals surface area contributed by atoms with Crippen molar-refractivity contribution < 1.29 is 25.9 Å². The lowest BCUT2D eigenvalue weighted by atomic mass is 9.81. The molecule has 7 nitrogen and oxygen atoms in total. The number of rotatable bonds is 4. The summed E-state index contributed by atoms with van der Waals surface area (Å²) in [6, 6.07) is 4.12. The fourth-order valence-electron chi connectivity index (χ4n) is 2.89. The molecule has 1 aromatic rings. The molecule has 0 fully saturated rings. The average Bonchev–Trinajstić information content (AvgIpc) is 2.59. The molecule has 0 atom stereocenters. The number of hydrogen-bond donors (Lipinski definition) is 2. The summed E-state index contributed by atoms with van der Waals surface area (Å²) in [5.41, 5.74) is 1.32. The molecule has 0 radical (unpaired) electrons. The molecule has 0 saturated heterocycles. The zero-order valence-corrected chi connectivity index (χ0v) is 14.9. The first-order valence-corrected chi connectivity index (χ1v) is 9.82. The standard InChI is InChI=1S/C14H19NO6S2/c1-5-14(22(16,17)18,23(19,20)21)10-6-7-12-11(8-10)13(3,4)9(2)15-12/h6-8H,5H2,1-4H3,(H,16,17,18)(H,19,20,21). The number of aliphatic imine (C=N–C) groups is 1. The summed E-state index contributed by atoms with van der Waals surface area (Å²) in [5, 5.41) is 0. The van der Waals surface area contributed by atoms with Crippen molar-refractivity contribution >= 4 is 31.6 Å². The summed E-state index contributed by atoms with van der Waals surface area (Å²) in [6.45, 7) is 6.83. The largest absolute Gasteiger partial charge is 0.292 e. The minimum atomic E-state index is -5.13. The molecule has 2 N–H and O–H groups in total. The van der Waals surface area contributed by atoms with Crippen LogP contribution in [0.4, 0.5) is 5.69 Å². The maximum absolute atomic E-state index is 11.8. The average molecular weight is 361 g/mol. The number of nitrogens with zero attached hydrogens (tertiary/aromatic N) is 1. The third-order valence-corrected chi connectivity index (χ3v) is 8.58. The second kappa shape index (κ2) is 5.10. The van der Waals surface area contributed by atoms with E-state index in [9.17, 15) is 25.9 Å². The fourth-order valence-corrected chi connectivity index (χ4v) is 5.53. The highest BCUT2D eigenvalue weighted by molar-refractivity contribution is 8.04. The summed E-state index contributed by atoms with van der Waals surface area (Å²) in [6.07, 6.45) is -0.538.